The predicted molar refractivity (Wildman–Crippen MR) is 47.6 cm³/mol. The predicted octanol–water partition coefficient (Wildman–Crippen LogP) is 2.04. The molecule has 0 rings (SSSR count). The van der Waals surface area contributed by atoms with E-state index in [-0.39, 0.29) is 6.10 Å². The summed E-state index contributed by atoms with van der Waals surface area (Å²) < 4.78 is 5.25. The number of hydrogen-bond acceptors (Lipinski definition) is 3. The fraction of sp³-hybridized carbons (Fsp3) is 0.667. The van der Waals surface area contributed by atoms with Gasteiger partial charge in [0.15, 0.2) is 0 Å². The van der Waals surface area contributed by atoms with Gasteiger partial charge < -0.3 is 4.74 Å². The third kappa shape index (κ3) is 7.03. The van der Waals surface area contributed by atoms with E-state index in [1.54, 1.807) is 6.26 Å². The third-order valence-electron chi connectivity index (χ3n) is 1.39. The van der Waals surface area contributed by atoms with Gasteiger partial charge in [0.2, 0.25) is 6.08 Å². The van der Waals surface area contributed by atoms with Crippen LogP contribution < -0.4 is 0 Å². The van der Waals surface area contributed by atoms with E-state index in [0.29, 0.717) is 6.54 Å². The van der Waals surface area contributed by atoms with E-state index in [9.17, 15) is 4.79 Å². The van der Waals surface area contributed by atoms with Gasteiger partial charge in [0.1, 0.15) is 0 Å². The molecule has 0 saturated heterocycles. The van der Waals surface area contributed by atoms with Crippen LogP contribution in [0.5, 0.6) is 0 Å². The topological polar surface area (TPSA) is 38.7 Å². The van der Waals surface area contributed by atoms with E-state index in [0.717, 1.165) is 12.8 Å². The van der Waals surface area contributed by atoms with Gasteiger partial charge in [0.25, 0.3) is 0 Å². The number of ether oxygens (including phenoxy) is 1. The highest BCUT2D eigenvalue weighted by atomic mass is 16.5. The molecule has 0 fully saturated rings. The summed E-state index contributed by atoms with van der Waals surface area (Å²) in [5, 5.41) is 0. The van der Waals surface area contributed by atoms with Gasteiger partial charge in [-0.25, -0.2) is 9.79 Å². The molecule has 0 amide bonds. The van der Waals surface area contributed by atoms with Crippen LogP contribution in [-0.4, -0.2) is 18.7 Å². The molecule has 1 unspecified atom stereocenters. The Hall–Kier alpha value is -1.08. The first-order valence-electron chi connectivity index (χ1n) is 4.11. The van der Waals surface area contributed by atoms with Crippen molar-refractivity contribution in [1.29, 1.82) is 0 Å². The fourth-order valence-electron chi connectivity index (χ4n) is 0.784. The minimum Gasteiger partial charge on any atom is -0.499 e. The standard InChI is InChI=1S/C9H15NO2/c1-3-7-12-9(2)5-4-6-10-8-11/h3,7,9H,4-6H2,1-2H3. The van der Waals surface area contributed by atoms with Crippen LogP contribution in [0.25, 0.3) is 0 Å². The molecule has 0 spiro atoms. The normalized spacial score (nSPS) is 12.5. The van der Waals surface area contributed by atoms with Gasteiger partial charge in [0.05, 0.1) is 18.9 Å². The molecule has 0 aromatic carbocycles. The molecule has 0 N–H and O–H groups in total. The molecule has 0 saturated carbocycles. The van der Waals surface area contributed by atoms with Crippen LogP contribution in [0.4, 0.5) is 0 Å². The maximum absolute atomic E-state index is 9.69. The molecule has 1 atom stereocenters. The molecule has 0 aromatic rings. The molecule has 0 aliphatic carbocycles. The Morgan fingerprint density at radius 3 is 3.00 bits per heavy atom. The van der Waals surface area contributed by atoms with Gasteiger partial charge in [-0.3, -0.25) is 0 Å². The number of isocyanates is 1. The lowest BCUT2D eigenvalue weighted by molar-refractivity contribution is 0.151. The van der Waals surface area contributed by atoms with E-state index in [1.165, 1.54) is 6.08 Å². The first-order valence-corrected chi connectivity index (χ1v) is 4.11. The number of rotatable bonds is 6. The summed E-state index contributed by atoms with van der Waals surface area (Å²) in [6.45, 7) is 4.45. The summed E-state index contributed by atoms with van der Waals surface area (Å²) in [6.07, 6.45) is 7.00. The van der Waals surface area contributed by atoms with Crippen molar-refractivity contribution in [3.05, 3.63) is 12.3 Å². The largest absolute Gasteiger partial charge is 0.499 e. The number of carbonyl (C=O) groups excluding carboxylic acids is 1. The average Bonchev–Trinajstić information content (AvgIpc) is 2.09. The molecule has 0 aliphatic heterocycles. The molecule has 3 heteroatoms. The first-order chi connectivity index (χ1) is 5.81. The Morgan fingerprint density at radius 2 is 2.42 bits per heavy atom. The van der Waals surface area contributed by atoms with Crippen LogP contribution in [0, 0.1) is 0 Å². The summed E-state index contributed by atoms with van der Waals surface area (Å²) >= 11 is 0. The summed E-state index contributed by atoms with van der Waals surface area (Å²) in [7, 11) is 0. The van der Waals surface area contributed by atoms with E-state index in [2.05, 4.69) is 4.99 Å². The Morgan fingerprint density at radius 1 is 1.67 bits per heavy atom. The smallest absolute Gasteiger partial charge is 0.234 e. The lowest BCUT2D eigenvalue weighted by Gasteiger charge is -2.08. The Kier molecular flexibility index (Phi) is 7.30. The van der Waals surface area contributed by atoms with E-state index >= 15 is 0 Å². The highest BCUT2D eigenvalue weighted by Gasteiger charge is 1.98. The van der Waals surface area contributed by atoms with Crippen molar-refractivity contribution in [3.63, 3.8) is 0 Å². The lowest BCUT2D eigenvalue weighted by Crippen LogP contribution is -2.04. The zero-order chi connectivity index (χ0) is 9.23. The van der Waals surface area contributed by atoms with Crippen LogP contribution in [0.1, 0.15) is 26.7 Å². The molecule has 0 bridgehead atoms. The van der Waals surface area contributed by atoms with E-state index < -0.39 is 0 Å². The minimum atomic E-state index is 0.197. The Balaban J connectivity index is 3.30. The quantitative estimate of drug-likeness (QED) is 0.264. The second-order valence-electron chi connectivity index (χ2n) is 2.53. The van der Waals surface area contributed by atoms with Crippen LogP contribution in [-0.2, 0) is 9.53 Å². The molecule has 68 valence electrons. The summed E-state index contributed by atoms with van der Waals surface area (Å²) in [5.74, 6) is 0. The molecule has 3 nitrogen and oxygen atoms in total. The number of allylic oxidation sites excluding steroid dienone is 1. The molecule has 0 radical (unpaired) electrons. The summed E-state index contributed by atoms with van der Waals surface area (Å²) in [4.78, 5) is 13.1. The second kappa shape index (κ2) is 8.02. The van der Waals surface area contributed by atoms with Crippen molar-refractivity contribution in [2.45, 2.75) is 32.8 Å². The van der Waals surface area contributed by atoms with Crippen molar-refractivity contribution in [1.82, 2.24) is 0 Å². The highest BCUT2D eigenvalue weighted by molar-refractivity contribution is 5.32. The van der Waals surface area contributed by atoms with Crippen molar-refractivity contribution < 1.29 is 9.53 Å². The van der Waals surface area contributed by atoms with Gasteiger partial charge >= 0.3 is 0 Å². The molecule has 0 aromatic heterocycles. The van der Waals surface area contributed by atoms with Gasteiger partial charge in [-0.15, -0.1) is 0 Å². The van der Waals surface area contributed by atoms with Crippen LogP contribution >= 0.6 is 0 Å². The van der Waals surface area contributed by atoms with E-state index in [4.69, 9.17) is 4.74 Å². The maximum Gasteiger partial charge on any atom is 0.234 e. The lowest BCUT2D eigenvalue weighted by atomic mass is 10.2. The van der Waals surface area contributed by atoms with Crippen molar-refractivity contribution in [3.8, 4) is 0 Å². The number of hydrogen-bond donors (Lipinski definition) is 0. The molecule has 12 heavy (non-hydrogen) atoms. The minimum absolute atomic E-state index is 0.197. The van der Waals surface area contributed by atoms with E-state index in [1.807, 2.05) is 19.9 Å². The van der Waals surface area contributed by atoms with Gasteiger partial charge in [-0.2, -0.15) is 0 Å². The third-order valence-corrected chi connectivity index (χ3v) is 1.39. The number of aliphatic imine (C=N–C) groups is 1. The maximum atomic E-state index is 9.69. The van der Waals surface area contributed by atoms with Crippen LogP contribution in [0.2, 0.25) is 0 Å². The fourth-order valence-corrected chi connectivity index (χ4v) is 0.784. The zero-order valence-corrected chi connectivity index (χ0v) is 7.62. The van der Waals surface area contributed by atoms with Gasteiger partial charge in [0, 0.05) is 0 Å². The molecule has 0 aliphatic rings. The van der Waals surface area contributed by atoms with Crippen LogP contribution in [0.15, 0.2) is 17.3 Å². The van der Waals surface area contributed by atoms with Gasteiger partial charge in [-0.05, 0) is 26.7 Å². The summed E-state index contributed by atoms with van der Waals surface area (Å²) in [6, 6.07) is 0. The first kappa shape index (κ1) is 10.9. The Labute approximate surface area is 73.1 Å². The average molecular weight is 169 g/mol. The monoisotopic (exact) mass is 169 g/mol. The SMILES string of the molecule is CC=COC(C)CCCN=C=O. The zero-order valence-electron chi connectivity index (χ0n) is 7.62. The summed E-state index contributed by atoms with van der Waals surface area (Å²) in [5.41, 5.74) is 0. The molecular weight excluding hydrogens is 154 g/mol. The van der Waals surface area contributed by atoms with Crippen molar-refractivity contribution in [2.24, 2.45) is 4.99 Å². The van der Waals surface area contributed by atoms with Crippen molar-refractivity contribution >= 4 is 6.08 Å². The molecular formula is C9H15NO2. The van der Waals surface area contributed by atoms with Gasteiger partial charge in [-0.1, -0.05) is 6.08 Å². The Bertz CT molecular complexity index is 171. The highest BCUT2D eigenvalue weighted by Crippen LogP contribution is 2.01. The number of nitrogens with zero attached hydrogens (tertiary/aromatic N) is 1. The van der Waals surface area contributed by atoms with Crippen molar-refractivity contribution in [2.75, 3.05) is 6.54 Å². The second-order valence-corrected chi connectivity index (χ2v) is 2.53. The van der Waals surface area contributed by atoms with Crippen LogP contribution in [0.3, 0.4) is 0 Å². The molecule has 0 heterocycles.